The van der Waals surface area contributed by atoms with E-state index in [4.69, 9.17) is 5.73 Å². The van der Waals surface area contributed by atoms with E-state index in [1.807, 2.05) is 18.3 Å². The zero-order valence-corrected chi connectivity index (χ0v) is 8.71. The topological polar surface area (TPSA) is 63.3 Å². The van der Waals surface area contributed by atoms with Crippen molar-refractivity contribution in [1.29, 1.82) is 0 Å². The first-order chi connectivity index (χ1) is 6.72. The van der Waals surface area contributed by atoms with Crippen molar-refractivity contribution in [2.24, 2.45) is 10.8 Å². The third-order valence-electron chi connectivity index (χ3n) is 1.63. The summed E-state index contributed by atoms with van der Waals surface area (Å²) in [6, 6.07) is 3.90. The molecule has 14 heavy (non-hydrogen) atoms. The first-order valence-electron chi connectivity index (χ1n) is 4.26. The summed E-state index contributed by atoms with van der Waals surface area (Å²) in [4.78, 5) is 4.17. The molecule has 1 rings (SSSR count). The summed E-state index contributed by atoms with van der Waals surface area (Å²) in [5.74, 6) is 0. The Morgan fingerprint density at radius 3 is 3.00 bits per heavy atom. The smallest absolute Gasteiger partial charge is 0.184 e. The van der Waals surface area contributed by atoms with Crippen LogP contribution < -0.4 is 11.2 Å². The van der Waals surface area contributed by atoms with E-state index in [0.29, 0.717) is 0 Å². The van der Waals surface area contributed by atoms with Crippen molar-refractivity contribution >= 4 is 23.5 Å². The number of nitrogens with two attached hydrogens (primary N) is 1. The standard InChI is InChI=1S/C9H12N4S/c1-2-7-3-4-8(11-5-7)6-12-13-9(10)14/h3-6H,2H2,1H3,(H3,10,13,14)/b12-6+. The lowest BCUT2D eigenvalue weighted by Gasteiger charge is -1.96. The second kappa shape index (κ2) is 5.29. The van der Waals surface area contributed by atoms with Crippen molar-refractivity contribution < 1.29 is 0 Å². The average Bonchev–Trinajstić information content (AvgIpc) is 2.18. The Balaban J connectivity index is 2.59. The number of pyridine rings is 1. The Bertz CT molecular complexity index is 331. The number of rotatable bonds is 3. The molecule has 0 aliphatic heterocycles. The molecular formula is C9H12N4S. The minimum Gasteiger partial charge on any atom is -0.375 e. The number of hydrazone groups is 1. The number of hydrogen-bond acceptors (Lipinski definition) is 3. The summed E-state index contributed by atoms with van der Waals surface area (Å²) in [7, 11) is 0. The molecule has 0 aliphatic carbocycles. The SMILES string of the molecule is CCc1ccc(/C=N/NC(N)=S)nc1. The van der Waals surface area contributed by atoms with Crippen molar-refractivity contribution in [3.63, 3.8) is 0 Å². The van der Waals surface area contributed by atoms with Gasteiger partial charge in [0.15, 0.2) is 5.11 Å². The minimum absolute atomic E-state index is 0.145. The number of hydrogen-bond donors (Lipinski definition) is 2. The summed E-state index contributed by atoms with van der Waals surface area (Å²) >= 11 is 4.58. The van der Waals surface area contributed by atoms with Gasteiger partial charge in [-0.25, -0.2) is 0 Å². The van der Waals surface area contributed by atoms with Gasteiger partial charge in [-0.05, 0) is 30.3 Å². The number of nitrogens with zero attached hydrogens (tertiary/aromatic N) is 2. The molecule has 3 N–H and O–H groups in total. The highest BCUT2D eigenvalue weighted by Gasteiger charge is 1.90. The van der Waals surface area contributed by atoms with E-state index in [0.717, 1.165) is 12.1 Å². The normalized spacial score (nSPS) is 10.4. The van der Waals surface area contributed by atoms with Crippen LogP contribution in [0, 0.1) is 0 Å². The highest BCUT2D eigenvalue weighted by atomic mass is 32.1. The Morgan fingerprint density at radius 1 is 1.71 bits per heavy atom. The molecule has 1 aromatic rings. The Kier molecular flexibility index (Phi) is 4.00. The molecule has 4 nitrogen and oxygen atoms in total. The van der Waals surface area contributed by atoms with E-state index < -0.39 is 0 Å². The van der Waals surface area contributed by atoms with Crippen molar-refractivity contribution in [3.05, 3.63) is 29.6 Å². The molecule has 0 atom stereocenters. The van der Waals surface area contributed by atoms with Gasteiger partial charge in [-0.1, -0.05) is 13.0 Å². The number of aromatic nitrogens is 1. The summed E-state index contributed by atoms with van der Waals surface area (Å²) in [5.41, 5.74) is 9.62. The van der Waals surface area contributed by atoms with Gasteiger partial charge in [0.05, 0.1) is 11.9 Å². The van der Waals surface area contributed by atoms with E-state index in [1.165, 1.54) is 5.56 Å². The molecule has 0 unspecified atom stereocenters. The van der Waals surface area contributed by atoms with Crippen molar-refractivity contribution in [2.75, 3.05) is 0 Å². The second-order valence-electron chi connectivity index (χ2n) is 2.68. The second-order valence-corrected chi connectivity index (χ2v) is 3.12. The van der Waals surface area contributed by atoms with Crippen LogP contribution in [0.4, 0.5) is 0 Å². The van der Waals surface area contributed by atoms with Crippen LogP contribution in [0.1, 0.15) is 18.2 Å². The van der Waals surface area contributed by atoms with Gasteiger partial charge < -0.3 is 5.73 Å². The van der Waals surface area contributed by atoms with E-state index in [1.54, 1.807) is 6.21 Å². The van der Waals surface area contributed by atoms with Gasteiger partial charge in [-0.3, -0.25) is 10.4 Å². The van der Waals surface area contributed by atoms with Crippen LogP contribution in [0.5, 0.6) is 0 Å². The fourth-order valence-corrected chi connectivity index (χ4v) is 0.936. The molecule has 1 aromatic heterocycles. The summed E-state index contributed by atoms with van der Waals surface area (Å²) in [6.45, 7) is 2.08. The molecule has 0 bridgehead atoms. The summed E-state index contributed by atoms with van der Waals surface area (Å²) < 4.78 is 0. The van der Waals surface area contributed by atoms with Crippen LogP contribution in [0.25, 0.3) is 0 Å². The lowest BCUT2D eigenvalue weighted by Crippen LogP contribution is -2.24. The fourth-order valence-electron chi connectivity index (χ4n) is 0.883. The van der Waals surface area contributed by atoms with Gasteiger partial charge in [0.1, 0.15) is 0 Å². The third kappa shape index (κ3) is 3.49. The van der Waals surface area contributed by atoms with Crippen LogP contribution in [-0.2, 0) is 6.42 Å². The van der Waals surface area contributed by atoms with Gasteiger partial charge in [0, 0.05) is 6.20 Å². The molecule has 74 valence electrons. The van der Waals surface area contributed by atoms with E-state index in [2.05, 4.69) is 34.7 Å². The van der Waals surface area contributed by atoms with E-state index >= 15 is 0 Å². The average molecular weight is 208 g/mol. The minimum atomic E-state index is 0.145. The van der Waals surface area contributed by atoms with E-state index in [-0.39, 0.29) is 5.11 Å². The van der Waals surface area contributed by atoms with Gasteiger partial charge in [0.25, 0.3) is 0 Å². The predicted octanol–water partition coefficient (Wildman–Crippen LogP) is 0.811. The van der Waals surface area contributed by atoms with Crippen LogP contribution in [0.2, 0.25) is 0 Å². The van der Waals surface area contributed by atoms with Crippen molar-refractivity contribution in [2.45, 2.75) is 13.3 Å². The maximum Gasteiger partial charge on any atom is 0.184 e. The molecule has 0 radical (unpaired) electrons. The molecule has 0 fully saturated rings. The maximum atomic E-state index is 5.19. The Hall–Kier alpha value is -1.49. The number of aryl methyl sites for hydroxylation is 1. The number of nitrogens with one attached hydrogen (secondary N) is 1. The molecule has 0 saturated carbocycles. The molecule has 0 aromatic carbocycles. The van der Waals surface area contributed by atoms with Gasteiger partial charge in [-0.15, -0.1) is 0 Å². The zero-order valence-electron chi connectivity index (χ0n) is 7.90. The fraction of sp³-hybridized carbons (Fsp3) is 0.222. The molecule has 0 saturated heterocycles. The monoisotopic (exact) mass is 208 g/mol. The summed E-state index contributed by atoms with van der Waals surface area (Å²) in [5, 5.41) is 3.94. The van der Waals surface area contributed by atoms with Crippen LogP contribution in [0.15, 0.2) is 23.4 Å². The van der Waals surface area contributed by atoms with Gasteiger partial charge >= 0.3 is 0 Å². The lowest BCUT2D eigenvalue weighted by atomic mass is 10.2. The highest BCUT2D eigenvalue weighted by Crippen LogP contribution is 1.98. The predicted molar refractivity (Wildman–Crippen MR) is 61.1 cm³/mol. The maximum absolute atomic E-state index is 5.19. The van der Waals surface area contributed by atoms with Crippen LogP contribution >= 0.6 is 12.2 Å². The molecule has 0 amide bonds. The number of thiocarbonyl (C=S) groups is 1. The molecule has 0 aliphatic rings. The van der Waals surface area contributed by atoms with Crippen LogP contribution in [-0.4, -0.2) is 16.3 Å². The lowest BCUT2D eigenvalue weighted by molar-refractivity contribution is 1.04. The first kappa shape index (κ1) is 10.6. The Labute approximate surface area is 88.2 Å². The quantitative estimate of drug-likeness (QED) is 0.438. The molecule has 5 heteroatoms. The zero-order chi connectivity index (χ0) is 10.4. The van der Waals surface area contributed by atoms with Crippen molar-refractivity contribution in [1.82, 2.24) is 10.4 Å². The van der Waals surface area contributed by atoms with Crippen molar-refractivity contribution in [3.8, 4) is 0 Å². The molecule has 1 heterocycles. The summed E-state index contributed by atoms with van der Waals surface area (Å²) in [6.07, 6.45) is 4.37. The largest absolute Gasteiger partial charge is 0.375 e. The van der Waals surface area contributed by atoms with E-state index in [9.17, 15) is 0 Å². The van der Waals surface area contributed by atoms with Gasteiger partial charge in [0.2, 0.25) is 0 Å². The molecular weight excluding hydrogens is 196 g/mol. The first-order valence-corrected chi connectivity index (χ1v) is 4.66. The van der Waals surface area contributed by atoms with Gasteiger partial charge in [-0.2, -0.15) is 5.10 Å². The third-order valence-corrected chi connectivity index (χ3v) is 1.72. The van der Waals surface area contributed by atoms with Crippen LogP contribution in [0.3, 0.4) is 0 Å². The Morgan fingerprint density at radius 2 is 2.50 bits per heavy atom. The highest BCUT2D eigenvalue weighted by molar-refractivity contribution is 7.80. The molecule has 0 spiro atoms.